The van der Waals surface area contributed by atoms with E-state index < -0.39 is 0 Å². The van der Waals surface area contributed by atoms with E-state index in [4.69, 9.17) is 9.52 Å². The minimum atomic E-state index is 0.174. The maximum atomic E-state index is 9.01. The van der Waals surface area contributed by atoms with E-state index in [0.717, 1.165) is 25.3 Å². The Balaban J connectivity index is 1.85. The summed E-state index contributed by atoms with van der Waals surface area (Å²) in [6, 6.07) is 0. The fourth-order valence-electron chi connectivity index (χ4n) is 1.81. The normalized spacial score (nSPS) is 15.7. The standard InChI is InChI=1S/C12H21N3O2/c1-2-3-6-15(7-8-16)9-11-13-14-12(17-11)10-4-5-10/h10,16H,2-9H2,1H3. The highest BCUT2D eigenvalue weighted by Crippen LogP contribution is 2.39. The quantitative estimate of drug-likeness (QED) is 0.745. The van der Waals surface area contributed by atoms with Crippen molar-refractivity contribution in [3.05, 3.63) is 11.8 Å². The number of nitrogens with zero attached hydrogens (tertiary/aromatic N) is 3. The van der Waals surface area contributed by atoms with Crippen molar-refractivity contribution in [1.82, 2.24) is 15.1 Å². The van der Waals surface area contributed by atoms with Crippen LogP contribution in [-0.4, -0.2) is 39.9 Å². The topological polar surface area (TPSA) is 62.4 Å². The van der Waals surface area contributed by atoms with Crippen LogP contribution in [-0.2, 0) is 6.54 Å². The molecule has 0 saturated heterocycles. The van der Waals surface area contributed by atoms with Crippen LogP contribution < -0.4 is 0 Å². The molecule has 1 N–H and O–H groups in total. The summed E-state index contributed by atoms with van der Waals surface area (Å²) >= 11 is 0. The largest absolute Gasteiger partial charge is 0.424 e. The van der Waals surface area contributed by atoms with Gasteiger partial charge in [0.05, 0.1) is 13.2 Å². The Kier molecular flexibility index (Phi) is 4.50. The van der Waals surface area contributed by atoms with Crippen LogP contribution >= 0.6 is 0 Å². The van der Waals surface area contributed by atoms with Crippen molar-refractivity contribution in [1.29, 1.82) is 0 Å². The molecule has 1 saturated carbocycles. The maximum Gasteiger partial charge on any atom is 0.230 e. The van der Waals surface area contributed by atoms with Gasteiger partial charge in [0.2, 0.25) is 11.8 Å². The third-order valence-corrected chi connectivity index (χ3v) is 3.01. The van der Waals surface area contributed by atoms with E-state index in [1.165, 1.54) is 12.8 Å². The minimum absolute atomic E-state index is 0.174. The average molecular weight is 239 g/mol. The summed E-state index contributed by atoms with van der Waals surface area (Å²) in [7, 11) is 0. The molecule has 0 bridgehead atoms. The van der Waals surface area contributed by atoms with Crippen LogP contribution in [0.4, 0.5) is 0 Å². The number of hydrogen-bond donors (Lipinski definition) is 1. The second-order valence-electron chi connectivity index (χ2n) is 4.66. The van der Waals surface area contributed by atoms with E-state index in [2.05, 4.69) is 22.0 Å². The van der Waals surface area contributed by atoms with Crippen molar-refractivity contribution in [2.45, 2.75) is 45.1 Å². The van der Waals surface area contributed by atoms with Crippen LogP contribution in [0, 0.1) is 0 Å². The summed E-state index contributed by atoms with van der Waals surface area (Å²) in [5.41, 5.74) is 0. The van der Waals surface area contributed by atoms with Crippen LogP contribution in [0.2, 0.25) is 0 Å². The van der Waals surface area contributed by atoms with Gasteiger partial charge in [-0.15, -0.1) is 10.2 Å². The molecule has 0 amide bonds. The van der Waals surface area contributed by atoms with E-state index >= 15 is 0 Å². The molecule has 0 aliphatic heterocycles. The highest BCUT2D eigenvalue weighted by atomic mass is 16.4. The predicted molar refractivity (Wildman–Crippen MR) is 63.5 cm³/mol. The Morgan fingerprint density at radius 3 is 2.82 bits per heavy atom. The smallest absolute Gasteiger partial charge is 0.230 e. The lowest BCUT2D eigenvalue weighted by molar-refractivity contribution is 0.176. The number of aliphatic hydroxyl groups excluding tert-OH is 1. The molecule has 5 heteroatoms. The first-order valence-electron chi connectivity index (χ1n) is 6.49. The number of rotatable bonds is 8. The van der Waals surface area contributed by atoms with Gasteiger partial charge in [-0.2, -0.15) is 0 Å². The molecule has 1 aromatic rings. The van der Waals surface area contributed by atoms with Gasteiger partial charge in [-0.25, -0.2) is 0 Å². The van der Waals surface area contributed by atoms with Crippen molar-refractivity contribution in [2.24, 2.45) is 0 Å². The molecule has 2 rings (SSSR count). The van der Waals surface area contributed by atoms with Crippen LogP contribution in [0.25, 0.3) is 0 Å². The number of unbranched alkanes of at least 4 members (excludes halogenated alkanes) is 1. The van der Waals surface area contributed by atoms with Gasteiger partial charge < -0.3 is 9.52 Å². The third-order valence-electron chi connectivity index (χ3n) is 3.01. The lowest BCUT2D eigenvalue weighted by Gasteiger charge is -2.18. The molecule has 1 heterocycles. The molecular weight excluding hydrogens is 218 g/mol. The van der Waals surface area contributed by atoms with E-state index in [0.29, 0.717) is 24.9 Å². The van der Waals surface area contributed by atoms with Crippen LogP contribution in [0.3, 0.4) is 0 Å². The van der Waals surface area contributed by atoms with Crippen molar-refractivity contribution in [3.8, 4) is 0 Å². The Labute approximate surface area is 102 Å². The number of aromatic nitrogens is 2. The molecule has 1 aliphatic rings. The van der Waals surface area contributed by atoms with Gasteiger partial charge in [0.25, 0.3) is 0 Å². The van der Waals surface area contributed by atoms with Gasteiger partial charge in [0, 0.05) is 12.5 Å². The molecule has 1 aromatic heterocycles. The molecule has 0 unspecified atom stereocenters. The van der Waals surface area contributed by atoms with Crippen molar-refractivity contribution in [2.75, 3.05) is 19.7 Å². The van der Waals surface area contributed by atoms with Crippen molar-refractivity contribution in [3.63, 3.8) is 0 Å². The maximum absolute atomic E-state index is 9.01. The lowest BCUT2D eigenvalue weighted by Crippen LogP contribution is -2.27. The summed E-state index contributed by atoms with van der Waals surface area (Å²) < 4.78 is 5.62. The van der Waals surface area contributed by atoms with E-state index in [9.17, 15) is 0 Å². The fraction of sp³-hybridized carbons (Fsp3) is 0.833. The zero-order valence-corrected chi connectivity index (χ0v) is 10.4. The van der Waals surface area contributed by atoms with Gasteiger partial charge in [-0.1, -0.05) is 13.3 Å². The van der Waals surface area contributed by atoms with Gasteiger partial charge in [-0.3, -0.25) is 4.90 Å². The van der Waals surface area contributed by atoms with Crippen molar-refractivity contribution < 1.29 is 9.52 Å². The monoisotopic (exact) mass is 239 g/mol. The van der Waals surface area contributed by atoms with E-state index in [-0.39, 0.29) is 6.61 Å². The molecule has 17 heavy (non-hydrogen) atoms. The van der Waals surface area contributed by atoms with E-state index in [1.807, 2.05) is 0 Å². The first-order chi connectivity index (χ1) is 8.33. The molecule has 5 nitrogen and oxygen atoms in total. The number of hydrogen-bond acceptors (Lipinski definition) is 5. The second kappa shape index (κ2) is 6.12. The van der Waals surface area contributed by atoms with Crippen molar-refractivity contribution >= 4 is 0 Å². The third kappa shape index (κ3) is 3.78. The van der Waals surface area contributed by atoms with Gasteiger partial charge in [0.15, 0.2) is 0 Å². The summed E-state index contributed by atoms with van der Waals surface area (Å²) in [6.07, 6.45) is 4.64. The van der Waals surface area contributed by atoms with Crippen LogP contribution in [0.1, 0.15) is 50.3 Å². The Hall–Kier alpha value is -0.940. The van der Waals surface area contributed by atoms with Gasteiger partial charge in [0.1, 0.15) is 0 Å². The molecule has 0 spiro atoms. The van der Waals surface area contributed by atoms with Gasteiger partial charge >= 0.3 is 0 Å². The molecule has 0 aromatic carbocycles. The predicted octanol–water partition coefficient (Wildman–Crippen LogP) is 1.54. The van der Waals surface area contributed by atoms with Crippen LogP contribution in [0.5, 0.6) is 0 Å². The molecular formula is C12H21N3O2. The summed E-state index contributed by atoms with van der Waals surface area (Å²) in [5, 5.41) is 17.1. The molecule has 1 aliphatic carbocycles. The Morgan fingerprint density at radius 2 is 2.18 bits per heavy atom. The highest BCUT2D eigenvalue weighted by Gasteiger charge is 2.29. The summed E-state index contributed by atoms with van der Waals surface area (Å²) in [6.45, 7) is 4.63. The first kappa shape index (κ1) is 12.5. The van der Waals surface area contributed by atoms with Crippen LogP contribution in [0.15, 0.2) is 4.42 Å². The van der Waals surface area contributed by atoms with E-state index in [1.54, 1.807) is 0 Å². The first-order valence-corrected chi connectivity index (χ1v) is 6.49. The zero-order chi connectivity index (χ0) is 12.1. The zero-order valence-electron chi connectivity index (χ0n) is 10.4. The molecule has 1 fully saturated rings. The minimum Gasteiger partial charge on any atom is -0.424 e. The second-order valence-corrected chi connectivity index (χ2v) is 4.66. The molecule has 0 atom stereocenters. The number of aliphatic hydroxyl groups is 1. The highest BCUT2D eigenvalue weighted by molar-refractivity contribution is 5.00. The van der Waals surface area contributed by atoms with Gasteiger partial charge in [-0.05, 0) is 25.8 Å². The SMILES string of the molecule is CCCCN(CCO)Cc1nnc(C2CC2)o1. The lowest BCUT2D eigenvalue weighted by atomic mass is 10.3. The molecule has 96 valence electrons. The summed E-state index contributed by atoms with van der Waals surface area (Å²) in [5.74, 6) is 1.98. The fourth-order valence-corrected chi connectivity index (χ4v) is 1.81. The molecule has 0 radical (unpaired) electrons. The summed E-state index contributed by atoms with van der Waals surface area (Å²) in [4.78, 5) is 2.16. The Bertz CT molecular complexity index is 336. The average Bonchev–Trinajstić information content (AvgIpc) is 3.08. The Morgan fingerprint density at radius 1 is 1.35 bits per heavy atom.